The Morgan fingerprint density at radius 1 is 1.64 bits per heavy atom. The lowest BCUT2D eigenvalue weighted by molar-refractivity contribution is 0.243. The molecular weight excluding hydrogens is 178 g/mol. The summed E-state index contributed by atoms with van der Waals surface area (Å²) in [5.41, 5.74) is -0.438. The maximum absolute atomic E-state index is 9.12. The standard InChI is InChI=1S/C10H19N3O/c1-9(2)13-5-3-10(7-11,8-13)12-4-6-14/h9,12,14H,3-6,8H2,1-2H3. The van der Waals surface area contributed by atoms with E-state index in [2.05, 4.69) is 30.1 Å². The van der Waals surface area contributed by atoms with Crippen molar-refractivity contribution < 1.29 is 5.11 Å². The third-order valence-electron chi connectivity index (χ3n) is 2.82. The van der Waals surface area contributed by atoms with E-state index in [4.69, 9.17) is 10.4 Å². The van der Waals surface area contributed by atoms with Crippen LogP contribution in [0.25, 0.3) is 0 Å². The van der Waals surface area contributed by atoms with E-state index in [1.165, 1.54) is 0 Å². The number of likely N-dealkylation sites (tertiary alicyclic amines) is 1. The zero-order valence-corrected chi connectivity index (χ0v) is 8.95. The maximum Gasteiger partial charge on any atom is 0.120 e. The van der Waals surface area contributed by atoms with Crippen molar-refractivity contribution in [3.05, 3.63) is 0 Å². The Balaban J connectivity index is 2.53. The fraction of sp³-hybridized carbons (Fsp3) is 0.900. The number of hydrogen-bond donors (Lipinski definition) is 2. The fourth-order valence-electron chi connectivity index (χ4n) is 1.85. The van der Waals surface area contributed by atoms with E-state index in [9.17, 15) is 0 Å². The zero-order valence-electron chi connectivity index (χ0n) is 8.95. The predicted octanol–water partition coefficient (Wildman–Crippen LogP) is -0.0552. The van der Waals surface area contributed by atoms with Crippen LogP contribution in [0.15, 0.2) is 0 Å². The van der Waals surface area contributed by atoms with Crippen LogP contribution in [0.4, 0.5) is 0 Å². The molecule has 0 aromatic heterocycles. The molecule has 1 saturated heterocycles. The fourth-order valence-corrected chi connectivity index (χ4v) is 1.85. The van der Waals surface area contributed by atoms with Crippen LogP contribution in [0.2, 0.25) is 0 Å². The number of aliphatic hydroxyl groups excluding tert-OH is 1. The minimum atomic E-state index is -0.438. The Labute approximate surface area is 85.5 Å². The summed E-state index contributed by atoms with van der Waals surface area (Å²) in [6.07, 6.45) is 0.849. The second kappa shape index (κ2) is 4.74. The van der Waals surface area contributed by atoms with E-state index in [1.807, 2.05) is 0 Å². The minimum absolute atomic E-state index is 0.0884. The van der Waals surface area contributed by atoms with Gasteiger partial charge < -0.3 is 5.11 Å². The van der Waals surface area contributed by atoms with Crippen LogP contribution in [-0.2, 0) is 0 Å². The summed E-state index contributed by atoms with van der Waals surface area (Å²) in [5.74, 6) is 0. The van der Waals surface area contributed by atoms with Gasteiger partial charge in [0.25, 0.3) is 0 Å². The highest BCUT2D eigenvalue weighted by Gasteiger charge is 2.38. The Morgan fingerprint density at radius 2 is 2.36 bits per heavy atom. The molecule has 1 unspecified atom stereocenters. The molecule has 1 heterocycles. The van der Waals surface area contributed by atoms with Gasteiger partial charge in [-0.05, 0) is 20.3 Å². The molecule has 1 aliphatic rings. The van der Waals surface area contributed by atoms with Gasteiger partial charge in [0.05, 0.1) is 12.7 Å². The number of nitriles is 1. The van der Waals surface area contributed by atoms with Crippen molar-refractivity contribution in [1.29, 1.82) is 5.26 Å². The molecule has 0 aliphatic carbocycles. The van der Waals surface area contributed by atoms with Crippen LogP contribution in [0.5, 0.6) is 0 Å². The van der Waals surface area contributed by atoms with E-state index in [1.54, 1.807) is 0 Å². The molecular formula is C10H19N3O. The minimum Gasteiger partial charge on any atom is -0.395 e. The maximum atomic E-state index is 9.12. The molecule has 0 bridgehead atoms. The lowest BCUT2D eigenvalue weighted by atomic mass is 10.0. The van der Waals surface area contributed by atoms with Crippen LogP contribution >= 0.6 is 0 Å². The first-order valence-electron chi connectivity index (χ1n) is 5.15. The van der Waals surface area contributed by atoms with Gasteiger partial charge in [0.15, 0.2) is 0 Å². The molecule has 0 aromatic rings. The van der Waals surface area contributed by atoms with Crippen molar-refractivity contribution >= 4 is 0 Å². The SMILES string of the molecule is CC(C)N1CCC(C#N)(NCCO)C1. The average molecular weight is 197 g/mol. The topological polar surface area (TPSA) is 59.3 Å². The smallest absolute Gasteiger partial charge is 0.120 e. The number of aliphatic hydroxyl groups is 1. The normalized spacial score (nSPS) is 28.2. The Bertz CT molecular complexity index is 224. The van der Waals surface area contributed by atoms with Crippen molar-refractivity contribution in [3.8, 4) is 6.07 Å². The van der Waals surface area contributed by atoms with Crippen molar-refractivity contribution in [1.82, 2.24) is 10.2 Å². The summed E-state index contributed by atoms with van der Waals surface area (Å²) in [6.45, 7) is 6.59. The van der Waals surface area contributed by atoms with Gasteiger partial charge in [-0.3, -0.25) is 10.2 Å². The summed E-state index contributed by atoms with van der Waals surface area (Å²) >= 11 is 0. The highest BCUT2D eigenvalue weighted by atomic mass is 16.3. The molecule has 80 valence electrons. The highest BCUT2D eigenvalue weighted by molar-refractivity contribution is 5.13. The average Bonchev–Trinajstić information content (AvgIpc) is 2.60. The molecule has 1 aliphatic heterocycles. The summed E-state index contributed by atoms with van der Waals surface area (Å²) in [7, 11) is 0. The third kappa shape index (κ3) is 2.44. The van der Waals surface area contributed by atoms with Crippen LogP contribution < -0.4 is 5.32 Å². The summed E-state index contributed by atoms with van der Waals surface area (Å²) in [5, 5.41) is 21.0. The van der Waals surface area contributed by atoms with Crippen LogP contribution in [0.1, 0.15) is 20.3 Å². The van der Waals surface area contributed by atoms with Gasteiger partial charge >= 0.3 is 0 Å². The van der Waals surface area contributed by atoms with Crippen molar-refractivity contribution in [3.63, 3.8) is 0 Å². The number of nitrogens with one attached hydrogen (secondary N) is 1. The Kier molecular flexibility index (Phi) is 3.87. The molecule has 0 radical (unpaired) electrons. The van der Waals surface area contributed by atoms with Gasteiger partial charge in [0.2, 0.25) is 0 Å². The van der Waals surface area contributed by atoms with Crippen LogP contribution in [0.3, 0.4) is 0 Å². The van der Waals surface area contributed by atoms with Gasteiger partial charge in [-0.1, -0.05) is 0 Å². The summed E-state index contributed by atoms with van der Waals surface area (Å²) in [6, 6.07) is 2.82. The van der Waals surface area contributed by atoms with Gasteiger partial charge in [-0.2, -0.15) is 5.26 Å². The molecule has 4 heteroatoms. The van der Waals surface area contributed by atoms with Crippen molar-refractivity contribution in [2.24, 2.45) is 0 Å². The molecule has 1 rings (SSSR count). The largest absolute Gasteiger partial charge is 0.395 e. The quantitative estimate of drug-likeness (QED) is 0.663. The van der Waals surface area contributed by atoms with E-state index in [-0.39, 0.29) is 6.61 Å². The second-order valence-electron chi connectivity index (χ2n) is 4.16. The molecule has 0 saturated carbocycles. The number of hydrogen-bond acceptors (Lipinski definition) is 4. The van der Waals surface area contributed by atoms with Gasteiger partial charge in [-0.15, -0.1) is 0 Å². The first-order chi connectivity index (χ1) is 6.63. The Hall–Kier alpha value is -0.630. The highest BCUT2D eigenvalue weighted by Crippen LogP contribution is 2.22. The van der Waals surface area contributed by atoms with E-state index in [0.717, 1.165) is 19.5 Å². The van der Waals surface area contributed by atoms with E-state index < -0.39 is 5.54 Å². The zero-order chi connectivity index (χ0) is 10.6. The number of β-amino-alcohol motifs (C(OH)–C–C–N with tert-alkyl or cyclic N) is 1. The van der Waals surface area contributed by atoms with E-state index in [0.29, 0.717) is 12.6 Å². The molecule has 14 heavy (non-hydrogen) atoms. The molecule has 0 spiro atoms. The lowest BCUT2D eigenvalue weighted by Crippen LogP contribution is -2.48. The monoisotopic (exact) mass is 197 g/mol. The van der Waals surface area contributed by atoms with Gasteiger partial charge in [0.1, 0.15) is 5.54 Å². The number of rotatable bonds is 4. The van der Waals surface area contributed by atoms with Crippen molar-refractivity contribution in [2.45, 2.75) is 31.8 Å². The van der Waals surface area contributed by atoms with E-state index >= 15 is 0 Å². The molecule has 0 amide bonds. The predicted molar refractivity (Wildman–Crippen MR) is 54.8 cm³/mol. The van der Waals surface area contributed by atoms with Crippen LogP contribution in [0, 0.1) is 11.3 Å². The van der Waals surface area contributed by atoms with Gasteiger partial charge in [0, 0.05) is 25.7 Å². The third-order valence-corrected chi connectivity index (χ3v) is 2.82. The molecule has 0 aromatic carbocycles. The molecule has 1 fully saturated rings. The number of nitrogens with zero attached hydrogens (tertiary/aromatic N) is 2. The van der Waals surface area contributed by atoms with Crippen molar-refractivity contribution in [2.75, 3.05) is 26.2 Å². The second-order valence-corrected chi connectivity index (χ2v) is 4.16. The first kappa shape index (κ1) is 11.4. The summed E-state index contributed by atoms with van der Waals surface area (Å²) in [4.78, 5) is 2.29. The summed E-state index contributed by atoms with van der Waals surface area (Å²) < 4.78 is 0. The lowest BCUT2D eigenvalue weighted by Gasteiger charge is -2.25. The molecule has 4 nitrogen and oxygen atoms in total. The van der Waals surface area contributed by atoms with Gasteiger partial charge in [-0.25, -0.2) is 0 Å². The first-order valence-corrected chi connectivity index (χ1v) is 5.15. The molecule has 1 atom stereocenters. The Morgan fingerprint density at radius 3 is 2.79 bits per heavy atom. The molecule has 2 N–H and O–H groups in total. The van der Waals surface area contributed by atoms with Crippen LogP contribution in [-0.4, -0.2) is 47.8 Å².